The predicted octanol–water partition coefficient (Wildman–Crippen LogP) is 0.691. The number of aromatic hydroxyl groups is 2. The van der Waals surface area contributed by atoms with Gasteiger partial charge in [0.15, 0.2) is 11.5 Å². The zero-order chi connectivity index (χ0) is 13.0. The van der Waals surface area contributed by atoms with Crippen LogP contribution in [-0.2, 0) is 4.79 Å². The van der Waals surface area contributed by atoms with E-state index >= 15 is 0 Å². The van der Waals surface area contributed by atoms with Gasteiger partial charge in [-0.1, -0.05) is 13.0 Å². The van der Waals surface area contributed by atoms with E-state index in [1.807, 2.05) is 0 Å². The first-order chi connectivity index (χ1) is 7.97. The van der Waals surface area contributed by atoms with Crippen LogP contribution in [0.3, 0.4) is 0 Å². The molecule has 92 valence electrons. The minimum Gasteiger partial charge on any atom is -0.504 e. The molecule has 1 aromatic rings. The Bertz CT molecular complexity index is 443. The standard InChI is InChI=1S/C11H13NO5/c1-2-7(11(16)17)12-10(15)6-4-3-5-8(13)9(6)14/h3-5,7,13-14H,2H2,1H3,(H,12,15)(H,16,17)/t7-/m0/s1. The van der Waals surface area contributed by atoms with Crippen LogP contribution in [0.25, 0.3) is 0 Å². The van der Waals surface area contributed by atoms with E-state index in [0.717, 1.165) is 0 Å². The van der Waals surface area contributed by atoms with Gasteiger partial charge < -0.3 is 20.6 Å². The number of carbonyl (C=O) groups is 2. The van der Waals surface area contributed by atoms with Gasteiger partial charge in [0.25, 0.3) is 5.91 Å². The Morgan fingerprint density at radius 1 is 1.35 bits per heavy atom. The van der Waals surface area contributed by atoms with Gasteiger partial charge >= 0.3 is 5.97 Å². The summed E-state index contributed by atoms with van der Waals surface area (Å²) in [4.78, 5) is 22.4. The Kier molecular flexibility index (Phi) is 3.92. The molecule has 1 rings (SSSR count). The molecule has 6 nitrogen and oxygen atoms in total. The average Bonchev–Trinajstić information content (AvgIpc) is 2.28. The molecule has 0 aliphatic carbocycles. The van der Waals surface area contributed by atoms with Crippen LogP contribution in [0.4, 0.5) is 0 Å². The molecule has 0 fully saturated rings. The maximum absolute atomic E-state index is 11.6. The van der Waals surface area contributed by atoms with Gasteiger partial charge in [0.2, 0.25) is 0 Å². The summed E-state index contributed by atoms with van der Waals surface area (Å²) in [6.45, 7) is 1.61. The highest BCUT2D eigenvalue weighted by atomic mass is 16.4. The van der Waals surface area contributed by atoms with Gasteiger partial charge in [0.1, 0.15) is 6.04 Å². The Morgan fingerprint density at radius 3 is 2.53 bits per heavy atom. The van der Waals surface area contributed by atoms with E-state index in [2.05, 4.69) is 5.32 Å². The van der Waals surface area contributed by atoms with Gasteiger partial charge in [0.05, 0.1) is 5.56 Å². The number of carbonyl (C=O) groups excluding carboxylic acids is 1. The number of benzene rings is 1. The molecule has 17 heavy (non-hydrogen) atoms. The lowest BCUT2D eigenvalue weighted by Gasteiger charge is -2.13. The summed E-state index contributed by atoms with van der Waals surface area (Å²) >= 11 is 0. The van der Waals surface area contributed by atoms with E-state index in [9.17, 15) is 19.8 Å². The molecular formula is C11H13NO5. The summed E-state index contributed by atoms with van der Waals surface area (Å²) in [7, 11) is 0. The van der Waals surface area contributed by atoms with Crippen LogP contribution in [0, 0.1) is 0 Å². The largest absolute Gasteiger partial charge is 0.504 e. The van der Waals surface area contributed by atoms with Crippen LogP contribution in [0.15, 0.2) is 18.2 Å². The lowest BCUT2D eigenvalue weighted by molar-refractivity contribution is -0.139. The van der Waals surface area contributed by atoms with Crippen LogP contribution in [-0.4, -0.2) is 33.2 Å². The number of hydrogen-bond donors (Lipinski definition) is 4. The van der Waals surface area contributed by atoms with Crippen molar-refractivity contribution in [2.24, 2.45) is 0 Å². The highest BCUT2D eigenvalue weighted by molar-refractivity contribution is 5.99. The van der Waals surface area contributed by atoms with Gasteiger partial charge in [-0.3, -0.25) is 4.79 Å². The Labute approximate surface area is 97.5 Å². The van der Waals surface area contributed by atoms with E-state index in [0.29, 0.717) is 0 Å². The summed E-state index contributed by atoms with van der Waals surface area (Å²) in [6.07, 6.45) is 0.223. The molecule has 0 heterocycles. The van der Waals surface area contributed by atoms with Gasteiger partial charge in [-0.15, -0.1) is 0 Å². The van der Waals surface area contributed by atoms with Crippen molar-refractivity contribution in [3.8, 4) is 11.5 Å². The van der Waals surface area contributed by atoms with Crippen molar-refractivity contribution < 1.29 is 24.9 Å². The smallest absolute Gasteiger partial charge is 0.326 e. The fourth-order valence-electron chi connectivity index (χ4n) is 1.29. The molecule has 0 aliphatic heterocycles. The molecule has 0 aromatic heterocycles. The number of rotatable bonds is 4. The van der Waals surface area contributed by atoms with Crippen molar-refractivity contribution in [1.82, 2.24) is 5.32 Å². The molecule has 0 radical (unpaired) electrons. The number of carboxylic acid groups (broad SMARTS) is 1. The summed E-state index contributed by atoms with van der Waals surface area (Å²) in [5, 5.41) is 29.6. The van der Waals surface area contributed by atoms with Gasteiger partial charge in [-0.05, 0) is 18.6 Å². The minimum atomic E-state index is -1.15. The first kappa shape index (κ1) is 12.8. The zero-order valence-corrected chi connectivity index (χ0v) is 9.17. The third kappa shape index (κ3) is 2.87. The average molecular weight is 239 g/mol. The number of amides is 1. The quantitative estimate of drug-likeness (QED) is 0.578. The van der Waals surface area contributed by atoms with E-state index in [4.69, 9.17) is 5.11 Å². The van der Waals surface area contributed by atoms with E-state index < -0.39 is 29.4 Å². The second kappa shape index (κ2) is 5.20. The summed E-state index contributed by atoms with van der Waals surface area (Å²) in [5.41, 5.74) is -0.162. The lowest BCUT2D eigenvalue weighted by Crippen LogP contribution is -2.40. The van der Waals surface area contributed by atoms with Crippen LogP contribution in [0.1, 0.15) is 23.7 Å². The van der Waals surface area contributed by atoms with Crippen LogP contribution in [0.2, 0.25) is 0 Å². The van der Waals surface area contributed by atoms with Crippen molar-refractivity contribution in [2.45, 2.75) is 19.4 Å². The van der Waals surface area contributed by atoms with Crippen molar-refractivity contribution in [1.29, 1.82) is 0 Å². The zero-order valence-electron chi connectivity index (χ0n) is 9.17. The molecule has 6 heteroatoms. The second-order valence-corrected chi connectivity index (χ2v) is 3.45. The number of nitrogens with one attached hydrogen (secondary N) is 1. The third-order valence-corrected chi connectivity index (χ3v) is 2.27. The molecule has 0 saturated carbocycles. The van der Waals surface area contributed by atoms with Crippen LogP contribution in [0.5, 0.6) is 11.5 Å². The highest BCUT2D eigenvalue weighted by Gasteiger charge is 2.21. The monoisotopic (exact) mass is 239 g/mol. The maximum atomic E-state index is 11.6. The van der Waals surface area contributed by atoms with Crippen molar-refractivity contribution in [2.75, 3.05) is 0 Å². The highest BCUT2D eigenvalue weighted by Crippen LogP contribution is 2.27. The molecule has 0 bridgehead atoms. The van der Waals surface area contributed by atoms with E-state index in [1.54, 1.807) is 6.92 Å². The molecule has 0 aliphatic rings. The molecule has 1 amide bonds. The normalized spacial score (nSPS) is 11.8. The molecule has 0 saturated heterocycles. The number of hydrogen-bond acceptors (Lipinski definition) is 4. The number of aliphatic carboxylic acids is 1. The first-order valence-corrected chi connectivity index (χ1v) is 5.02. The molecule has 1 aromatic carbocycles. The van der Waals surface area contributed by atoms with Gasteiger partial charge in [0, 0.05) is 0 Å². The Morgan fingerprint density at radius 2 is 2.00 bits per heavy atom. The fraction of sp³-hybridized carbons (Fsp3) is 0.273. The lowest BCUT2D eigenvalue weighted by atomic mass is 10.1. The van der Waals surface area contributed by atoms with E-state index in [1.165, 1.54) is 18.2 Å². The molecule has 4 N–H and O–H groups in total. The summed E-state index contributed by atoms with van der Waals surface area (Å²) < 4.78 is 0. The number of phenolic OH excluding ortho intramolecular Hbond substituents is 2. The minimum absolute atomic E-state index is 0.162. The Balaban J connectivity index is 2.90. The predicted molar refractivity (Wildman–Crippen MR) is 59.0 cm³/mol. The van der Waals surface area contributed by atoms with Crippen molar-refractivity contribution >= 4 is 11.9 Å². The topological polar surface area (TPSA) is 107 Å². The van der Waals surface area contributed by atoms with Gasteiger partial charge in [-0.2, -0.15) is 0 Å². The molecular weight excluding hydrogens is 226 g/mol. The number of phenols is 2. The van der Waals surface area contributed by atoms with Gasteiger partial charge in [-0.25, -0.2) is 4.79 Å². The third-order valence-electron chi connectivity index (χ3n) is 2.27. The fourth-order valence-corrected chi connectivity index (χ4v) is 1.29. The first-order valence-electron chi connectivity index (χ1n) is 5.02. The van der Waals surface area contributed by atoms with Crippen LogP contribution < -0.4 is 5.32 Å². The summed E-state index contributed by atoms with van der Waals surface area (Å²) in [5.74, 6) is -2.89. The Hall–Kier alpha value is -2.24. The van der Waals surface area contributed by atoms with E-state index in [-0.39, 0.29) is 12.0 Å². The maximum Gasteiger partial charge on any atom is 0.326 e. The van der Waals surface area contributed by atoms with Crippen molar-refractivity contribution in [3.05, 3.63) is 23.8 Å². The van der Waals surface area contributed by atoms with Crippen LogP contribution >= 0.6 is 0 Å². The SMILES string of the molecule is CC[C@H](NC(=O)c1cccc(O)c1O)C(=O)O. The number of para-hydroxylation sites is 1. The molecule has 0 spiro atoms. The number of carboxylic acids is 1. The second-order valence-electron chi connectivity index (χ2n) is 3.45. The summed E-state index contributed by atoms with van der Waals surface area (Å²) in [6, 6.07) is 2.87. The molecule has 1 atom stereocenters. The molecule has 0 unspecified atom stereocenters. The van der Waals surface area contributed by atoms with Crippen molar-refractivity contribution in [3.63, 3.8) is 0 Å².